The van der Waals surface area contributed by atoms with Gasteiger partial charge < -0.3 is 10.0 Å². The molecular weight excluding hydrogens is 162 g/mol. The molecule has 0 aliphatic carbocycles. The lowest BCUT2D eigenvalue weighted by atomic mass is 10.3. The Morgan fingerprint density at radius 3 is 3.00 bits per heavy atom. The van der Waals surface area contributed by atoms with Crippen LogP contribution < -0.4 is 0 Å². The molecule has 1 atom stereocenters. The van der Waals surface area contributed by atoms with Crippen LogP contribution in [0.1, 0.15) is 13.8 Å². The number of thioether (sulfide) groups is 1. The molecule has 1 aliphatic heterocycles. The van der Waals surface area contributed by atoms with Crippen LogP contribution in [0.5, 0.6) is 0 Å². The standard InChI is InChI=1S/C7H11NO2S/c1-6-3-11-7(2,10)4-8(6)5-9/h3,5,10H,4H2,1-2H3. The van der Waals surface area contributed by atoms with Crippen LogP contribution in [0, 0.1) is 0 Å². The van der Waals surface area contributed by atoms with Gasteiger partial charge in [0.1, 0.15) is 4.93 Å². The normalized spacial score (nSPS) is 31.5. The zero-order valence-electron chi connectivity index (χ0n) is 6.57. The maximum atomic E-state index is 10.4. The largest absolute Gasteiger partial charge is 0.378 e. The van der Waals surface area contributed by atoms with Crippen molar-refractivity contribution in [3.05, 3.63) is 11.1 Å². The first kappa shape index (κ1) is 8.62. The molecule has 0 aromatic heterocycles. The molecule has 1 rings (SSSR count). The first-order chi connectivity index (χ1) is 5.05. The number of aliphatic hydroxyl groups is 1. The Hall–Kier alpha value is -0.480. The van der Waals surface area contributed by atoms with Crippen LogP contribution >= 0.6 is 11.8 Å². The number of nitrogens with zero attached hydrogens (tertiary/aromatic N) is 1. The van der Waals surface area contributed by atoms with E-state index in [0.717, 1.165) is 12.1 Å². The summed E-state index contributed by atoms with van der Waals surface area (Å²) in [7, 11) is 0. The van der Waals surface area contributed by atoms with Crippen LogP contribution in [0.25, 0.3) is 0 Å². The zero-order chi connectivity index (χ0) is 8.48. The fraction of sp³-hybridized carbons (Fsp3) is 0.571. The minimum atomic E-state index is -0.833. The molecule has 1 aliphatic rings. The second-order valence-corrected chi connectivity index (χ2v) is 4.14. The Balaban J connectivity index is 2.76. The highest BCUT2D eigenvalue weighted by Gasteiger charge is 2.27. The van der Waals surface area contributed by atoms with Gasteiger partial charge in [0, 0.05) is 5.70 Å². The molecule has 1 heterocycles. The number of rotatable bonds is 1. The molecule has 0 spiro atoms. The lowest BCUT2D eigenvalue weighted by molar-refractivity contribution is -0.117. The minimum Gasteiger partial charge on any atom is -0.378 e. The maximum absolute atomic E-state index is 10.4. The van der Waals surface area contributed by atoms with E-state index >= 15 is 0 Å². The molecule has 0 aromatic rings. The first-order valence-corrected chi connectivity index (χ1v) is 4.22. The van der Waals surface area contributed by atoms with Crippen molar-refractivity contribution >= 4 is 18.2 Å². The molecule has 0 saturated carbocycles. The third-order valence-corrected chi connectivity index (χ3v) is 2.62. The number of hydrogen-bond acceptors (Lipinski definition) is 3. The van der Waals surface area contributed by atoms with Crippen LogP contribution in [0.2, 0.25) is 0 Å². The van der Waals surface area contributed by atoms with Gasteiger partial charge in [-0.1, -0.05) is 11.8 Å². The lowest BCUT2D eigenvalue weighted by Crippen LogP contribution is -2.39. The molecule has 1 amide bonds. The van der Waals surface area contributed by atoms with E-state index in [1.807, 2.05) is 6.92 Å². The second kappa shape index (κ2) is 2.87. The van der Waals surface area contributed by atoms with Gasteiger partial charge in [0.2, 0.25) is 6.41 Å². The van der Waals surface area contributed by atoms with Crippen LogP contribution in [-0.4, -0.2) is 27.9 Å². The zero-order valence-corrected chi connectivity index (χ0v) is 7.39. The van der Waals surface area contributed by atoms with Crippen LogP contribution in [-0.2, 0) is 4.79 Å². The second-order valence-electron chi connectivity index (χ2n) is 2.79. The molecule has 0 bridgehead atoms. The molecule has 0 saturated heterocycles. The van der Waals surface area contributed by atoms with Gasteiger partial charge in [0.15, 0.2) is 0 Å². The minimum absolute atomic E-state index is 0.365. The van der Waals surface area contributed by atoms with Crippen molar-refractivity contribution in [2.24, 2.45) is 0 Å². The van der Waals surface area contributed by atoms with Gasteiger partial charge in [-0.15, -0.1) is 0 Å². The van der Waals surface area contributed by atoms with Gasteiger partial charge in [0.25, 0.3) is 0 Å². The highest BCUT2D eigenvalue weighted by atomic mass is 32.2. The molecule has 0 radical (unpaired) electrons. The van der Waals surface area contributed by atoms with E-state index in [1.54, 1.807) is 12.3 Å². The number of carbonyl (C=O) groups is 1. The van der Waals surface area contributed by atoms with E-state index < -0.39 is 4.93 Å². The third-order valence-electron chi connectivity index (χ3n) is 1.53. The molecule has 4 heteroatoms. The molecule has 0 fully saturated rings. The van der Waals surface area contributed by atoms with Gasteiger partial charge in [-0.05, 0) is 19.3 Å². The molecule has 1 unspecified atom stereocenters. The van der Waals surface area contributed by atoms with Crippen molar-refractivity contribution in [2.45, 2.75) is 18.8 Å². The van der Waals surface area contributed by atoms with Gasteiger partial charge in [-0.3, -0.25) is 4.79 Å². The van der Waals surface area contributed by atoms with Crippen molar-refractivity contribution in [3.8, 4) is 0 Å². The summed E-state index contributed by atoms with van der Waals surface area (Å²) in [5.41, 5.74) is 0.886. The SMILES string of the molecule is CC1=CSC(C)(O)CN1C=O. The van der Waals surface area contributed by atoms with Crippen LogP contribution in [0.15, 0.2) is 11.1 Å². The average molecular weight is 173 g/mol. The Bertz CT molecular complexity index is 201. The Morgan fingerprint density at radius 1 is 1.91 bits per heavy atom. The fourth-order valence-corrected chi connectivity index (χ4v) is 1.65. The summed E-state index contributed by atoms with van der Waals surface area (Å²) in [4.78, 5) is 11.1. The van der Waals surface area contributed by atoms with Crippen molar-refractivity contribution in [1.82, 2.24) is 4.90 Å². The quantitative estimate of drug-likeness (QED) is 0.595. The topological polar surface area (TPSA) is 40.5 Å². The van der Waals surface area contributed by atoms with Crippen molar-refractivity contribution in [3.63, 3.8) is 0 Å². The summed E-state index contributed by atoms with van der Waals surface area (Å²) in [6.45, 7) is 3.90. The van der Waals surface area contributed by atoms with Gasteiger partial charge >= 0.3 is 0 Å². The summed E-state index contributed by atoms with van der Waals surface area (Å²) in [6.07, 6.45) is 0.736. The average Bonchev–Trinajstić information content (AvgIpc) is 1.94. The molecule has 3 nitrogen and oxygen atoms in total. The molecule has 62 valence electrons. The van der Waals surface area contributed by atoms with Gasteiger partial charge in [-0.25, -0.2) is 0 Å². The number of β-amino-alcohol motifs (C(OH)–C–C–N with tert-alkyl or cyclic N) is 1. The van der Waals surface area contributed by atoms with E-state index in [2.05, 4.69) is 0 Å². The molecule has 0 aromatic carbocycles. The number of carbonyl (C=O) groups excluding carboxylic acids is 1. The highest BCUT2D eigenvalue weighted by Crippen LogP contribution is 2.30. The number of hydrogen-bond donors (Lipinski definition) is 1. The summed E-state index contributed by atoms with van der Waals surface area (Å²) in [6, 6.07) is 0. The molecule has 1 N–H and O–H groups in total. The monoisotopic (exact) mass is 173 g/mol. The lowest BCUT2D eigenvalue weighted by Gasteiger charge is -2.32. The highest BCUT2D eigenvalue weighted by molar-refractivity contribution is 8.03. The van der Waals surface area contributed by atoms with E-state index in [1.165, 1.54) is 16.7 Å². The first-order valence-electron chi connectivity index (χ1n) is 3.34. The predicted molar refractivity (Wildman–Crippen MR) is 44.7 cm³/mol. The maximum Gasteiger partial charge on any atom is 0.214 e. The smallest absolute Gasteiger partial charge is 0.214 e. The van der Waals surface area contributed by atoms with E-state index in [9.17, 15) is 9.90 Å². The van der Waals surface area contributed by atoms with Crippen molar-refractivity contribution < 1.29 is 9.90 Å². The molecule has 11 heavy (non-hydrogen) atoms. The summed E-state index contributed by atoms with van der Waals surface area (Å²) in [5, 5.41) is 11.3. The number of amides is 1. The van der Waals surface area contributed by atoms with Gasteiger partial charge in [-0.2, -0.15) is 0 Å². The van der Waals surface area contributed by atoms with Crippen molar-refractivity contribution in [2.75, 3.05) is 6.54 Å². The van der Waals surface area contributed by atoms with Crippen molar-refractivity contribution in [1.29, 1.82) is 0 Å². The summed E-state index contributed by atoms with van der Waals surface area (Å²) in [5.74, 6) is 0. The molecular formula is C7H11NO2S. The Morgan fingerprint density at radius 2 is 2.55 bits per heavy atom. The van der Waals surface area contributed by atoms with Gasteiger partial charge in [0.05, 0.1) is 6.54 Å². The fourth-order valence-electron chi connectivity index (χ4n) is 0.878. The summed E-state index contributed by atoms with van der Waals surface area (Å²) >= 11 is 1.34. The number of allylic oxidation sites excluding steroid dienone is 1. The van der Waals surface area contributed by atoms with E-state index in [4.69, 9.17) is 0 Å². The summed E-state index contributed by atoms with van der Waals surface area (Å²) < 4.78 is 0. The van der Waals surface area contributed by atoms with E-state index in [-0.39, 0.29) is 0 Å². The Kier molecular flexibility index (Phi) is 2.25. The van der Waals surface area contributed by atoms with Crippen LogP contribution in [0.4, 0.5) is 0 Å². The third kappa shape index (κ3) is 1.97. The predicted octanol–water partition coefficient (Wildman–Crippen LogP) is 0.761. The van der Waals surface area contributed by atoms with Crippen LogP contribution in [0.3, 0.4) is 0 Å². The van der Waals surface area contributed by atoms with E-state index in [0.29, 0.717) is 6.54 Å². The Labute approximate surface area is 70.1 Å².